The van der Waals surface area contributed by atoms with E-state index in [0.717, 1.165) is 0 Å². The Labute approximate surface area is 112 Å². The molecule has 0 fully saturated rings. The van der Waals surface area contributed by atoms with Crippen molar-refractivity contribution in [1.82, 2.24) is 20.2 Å². The van der Waals surface area contributed by atoms with Gasteiger partial charge in [0.2, 0.25) is 5.16 Å². The van der Waals surface area contributed by atoms with Crippen molar-refractivity contribution >= 4 is 17.4 Å². The Kier molecular flexibility index (Phi) is 4.42. The molecule has 0 aliphatic carbocycles. The van der Waals surface area contributed by atoms with Crippen LogP contribution in [0.15, 0.2) is 29.4 Å². The lowest BCUT2D eigenvalue weighted by Crippen LogP contribution is -2.05. The number of rotatable bonds is 6. The maximum absolute atomic E-state index is 10.9. The smallest absolute Gasteiger partial charge is 0.273 e. The average molecular weight is 281 g/mol. The van der Waals surface area contributed by atoms with E-state index in [1.165, 1.54) is 22.5 Å². The van der Waals surface area contributed by atoms with Crippen molar-refractivity contribution in [2.24, 2.45) is 0 Å². The molecule has 2 aromatic rings. The SMILES string of the molecule is O=[N+]([O-])c1ccccc1CSc1nnnn1CCO. The molecule has 19 heavy (non-hydrogen) atoms. The van der Waals surface area contributed by atoms with Gasteiger partial charge < -0.3 is 5.11 Å². The van der Waals surface area contributed by atoms with Gasteiger partial charge in [-0.3, -0.25) is 10.1 Å². The van der Waals surface area contributed by atoms with Crippen LogP contribution in [0.4, 0.5) is 5.69 Å². The largest absolute Gasteiger partial charge is 0.394 e. The topological polar surface area (TPSA) is 107 Å². The van der Waals surface area contributed by atoms with Crippen molar-refractivity contribution in [3.8, 4) is 0 Å². The minimum absolute atomic E-state index is 0.0654. The van der Waals surface area contributed by atoms with Gasteiger partial charge in [-0.25, -0.2) is 4.68 Å². The first kappa shape index (κ1) is 13.4. The number of para-hydroxylation sites is 1. The summed E-state index contributed by atoms with van der Waals surface area (Å²) in [6.45, 7) is 0.232. The summed E-state index contributed by atoms with van der Waals surface area (Å²) in [5, 5.41) is 31.3. The van der Waals surface area contributed by atoms with Crippen LogP contribution in [0.1, 0.15) is 5.56 Å². The second kappa shape index (κ2) is 6.25. The number of hydrogen-bond donors (Lipinski definition) is 1. The van der Waals surface area contributed by atoms with E-state index in [2.05, 4.69) is 15.5 Å². The maximum Gasteiger partial charge on any atom is 0.273 e. The molecule has 8 nitrogen and oxygen atoms in total. The van der Waals surface area contributed by atoms with E-state index < -0.39 is 4.92 Å². The van der Waals surface area contributed by atoms with Crippen molar-refractivity contribution in [1.29, 1.82) is 0 Å². The van der Waals surface area contributed by atoms with Gasteiger partial charge in [-0.2, -0.15) is 0 Å². The molecule has 0 atom stereocenters. The molecule has 0 spiro atoms. The van der Waals surface area contributed by atoms with Gasteiger partial charge in [-0.05, 0) is 10.4 Å². The summed E-state index contributed by atoms with van der Waals surface area (Å²) >= 11 is 1.29. The van der Waals surface area contributed by atoms with Crippen LogP contribution in [0.5, 0.6) is 0 Å². The number of aromatic nitrogens is 4. The third-order valence-corrected chi connectivity index (χ3v) is 3.36. The van der Waals surface area contributed by atoms with E-state index in [1.54, 1.807) is 18.2 Å². The molecule has 1 aromatic heterocycles. The number of aliphatic hydroxyl groups is 1. The van der Waals surface area contributed by atoms with Gasteiger partial charge in [0.15, 0.2) is 0 Å². The number of hydrogen-bond acceptors (Lipinski definition) is 7. The number of nitrogens with zero attached hydrogens (tertiary/aromatic N) is 5. The van der Waals surface area contributed by atoms with Crippen molar-refractivity contribution in [3.63, 3.8) is 0 Å². The Morgan fingerprint density at radius 2 is 2.21 bits per heavy atom. The molecule has 0 saturated carbocycles. The number of benzene rings is 1. The molecule has 0 radical (unpaired) electrons. The van der Waals surface area contributed by atoms with Gasteiger partial charge in [0, 0.05) is 17.4 Å². The van der Waals surface area contributed by atoms with Gasteiger partial charge in [0.25, 0.3) is 5.69 Å². The molecule has 2 rings (SSSR count). The summed E-state index contributed by atoms with van der Waals surface area (Å²) in [6.07, 6.45) is 0. The first-order valence-corrected chi connectivity index (χ1v) is 6.43. The monoisotopic (exact) mass is 281 g/mol. The van der Waals surface area contributed by atoms with E-state index in [-0.39, 0.29) is 12.3 Å². The molecule has 1 N–H and O–H groups in total. The predicted octanol–water partition coefficient (Wildman–Crippen LogP) is 0.866. The van der Waals surface area contributed by atoms with Crippen LogP contribution in [-0.4, -0.2) is 36.8 Å². The second-order valence-electron chi connectivity index (χ2n) is 3.58. The van der Waals surface area contributed by atoms with Crippen LogP contribution in [0.25, 0.3) is 0 Å². The highest BCUT2D eigenvalue weighted by Crippen LogP contribution is 2.26. The molecule has 1 aromatic carbocycles. The van der Waals surface area contributed by atoms with Crippen LogP contribution < -0.4 is 0 Å². The van der Waals surface area contributed by atoms with E-state index >= 15 is 0 Å². The van der Waals surface area contributed by atoms with Crippen molar-refractivity contribution in [2.75, 3.05) is 6.61 Å². The highest BCUT2D eigenvalue weighted by atomic mass is 32.2. The van der Waals surface area contributed by atoms with Crippen LogP contribution in [0, 0.1) is 10.1 Å². The molecular formula is C10H11N5O3S. The Morgan fingerprint density at radius 3 is 2.95 bits per heavy atom. The summed E-state index contributed by atoms with van der Waals surface area (Å²) in [4.78, 5) is 10.5. The molecule has 0 aliphatic heterocycles. The lowest BCUT2D eigenvalue weighted by atomic mass is 10.2. The highest BCUT2D eigenvalue weighted by Gasteiger charge is 2.14. The fourth-order valence-electron chi connectivity index (χ4n) is 1.49. The Balaban J connectivity index is 2.10. The summed E-state index contributed by atoms with van der Waals surface area (Å²) < 4.78 is 1.46. The second-order valence-corrected chi connectivity index (χ2v) is 4.53. The summed E-state index contributed by atoms with van der Waals surface area (Å²) in [7, 11) is 0. The van der Waals surface area contributed by atoms with Crippen LogP contribution in [-0.2, 0) is 12.3 Å². The van der Waals surface area contributed by atoms with Crippen LogP contribution in [0.3, 0.4) is 0 Å². The van der Waals surface area contributed by atoms with Gasteiger partial charge in [-0.1, -0.05) is 30.0 Å². The number of nitro groups is 1. The van der Waals surface area contributed by atoms with E-state index in [1.807, 2.05) is 0 Å². The van der Waals surface area contributed by atoms with Crippen molar-refractivity contribution in [3.05, 3.63) is 39.9 Å². The Bertz CT molecular complexity index is 574. The molecule has 0 unspecified atom stereocenters. The Hall–Kier alpha value is -2.00. The zero-order chi connectivity index (χ0) is 13.7. The molecular weight excluding hydrogens is 270 g/mol. The van der Waals surface area contributed by atoms with Crippen molar-refractivity contribution < 1.29 is 10.0 Å². The van der Waals surface area contributed by atoms with Crippen LogP contribution in [0.2, 0.25) is 0 Å². The normalized spacial score (nSPS) is 10.6. The molecule has 0 aliphatic rings. The third kappa shape index (κ3) is 3.26. The van der Waals surface area contributed by atoms with E-state index in [4.69, 9.17) is 5.11 Å². The number of nitro benzene ring substituents is 1. The number of thioether (sulfide) groups is 1. The third-order valence-electron chi connectivity index (χ3n) is 2.36. The number of aliphatic hydroxyl groups excluding tert-OH is 1. The Morgan fingerprint density at radius 1 is 1.42 bits per heavy atom. The van der Waals surface area contributed by atoms with Gasteiger partial charge in [-0.15, -0.1) is 5.10 Å². The first-order valence-electron chi connectivity index (χ1n) is 5.44. The quantitative estimate of drug-likeness (QED) is 0.475. The van der Waals surface area contributed by atoms with E-state index in [0.29, 0.717) is 23.0 Å². The molecule has 100 valence electrons. The molecule has 1 heterocycles. The summed E-state index contributed by atoms with van der Waals surface area (Å²) in [6, 6.07) is 6.54. The van der Waals surface area contributed by atoms with Gasteiger partial charge >= 0.3 is 0 Å². The van der Waals surface area contributed by atoms with Crippen LogP contribution >= 0.6 is 11.8 Å². The minimum atomic E-state index is -0.410. The fraction of sp³-hybridized carbons (Fsp3) is 0.300. The minimum Gasteiger partial charge on any atom is -0.394 e. The number of tetrazole rings is 1. The summed E-state index contributed by atoms with van der Waals surface area (Å²) in [5.74, 6) is 0.392. The zero-order valence-corrected chi connectivity index (χ0v) is 10.7. The lowest BCUT2D eigenvalue weighted by Gasteiger charge is -2.03. The molecule has 9 heteroatoms. The van der Waals surface area contributed by atoms with Gasteiger partial charge in [0.05, 0.1) is 18.1 Å². The molecule has 0 saturated heterocycles. The molecule has 0 bridgehead atoms. The van der Waals surface area contributed by atoms with E-state index in [9.17, 15) is 10.1 Å². The lowest BCUT2D eigenvalue weighted by molar-refractivity contribution is -0.385. The highest BCUT2D eigenvalue weighted by molar-refractivity contribution is 7.98. The predicted molar refractivity (Wildman–Crippen MR) is 67.6 cm³/mol. The maximum atomic E-state index is 10.9. The standard InChI is InChI=1S/C10H11N5O3S/c16-6-5-14-10(11-12-13-14)19-7-8-3-1-2-4-9(8)15(17)18/h1-4,16H,5-7H2. The first-order chi connectivity index (χ1) is 9.22. The average Bonchev–Trinajstić information content (AvgIpc) is 2.84. The fourth-order valence-corrected chi connectivity index (χ4v) is 2.39. The van der Waals surface area contributed by atoms with Gasteiger partial charge in [0.1, 0.15) is 0 Å². The van der Waals surface area contributed by atoms with Crippen molar-refractivity contribution in [2.45, 2.75) is 17.5 Å². The summed E-state index contributed by atoms with van der Waals surface area (Å²) in [5.41, 5.74) is 0.687. The molecule has 0 amide bonds. The zero-order valence-electron chi connectivity index (χ0n) is 9.84.